The van der Waals surface area contributed by atoms with Crippen LogP contribution in [0.5, 0.6) is 0 Å². The molecule has 0 bridgehead atoms. The molecule has 0 spiro atoms. The first-order valence-corrected chi connectivity index (χ1v) is 9.81. The summed E-state index contributed by atoms with van der Waals surface area (Å²) in [5, 5.41) is 0. The molecule has 1 atom stereocenters. The topological polar surface area (TPSA) is 66.9 Å². The van der Waals surface area contributed by atoms with Gasteiger partial charge in [0.1, 0.15) is 11.4 Å². The predicted molar refractivity (Wildman–Crippen MR) is 93.0 cm³/mol. The van der Waals surface area contributed by atoms with Crippen LogP contribution in [0.4, 0.5) is 9.18 Å². The summed E-state index contributed by atoms with van der Waals surface area (Å²) in [4.78, 5) is 13.6. The number of hydrogen-bond donors (Lipinski definition) is 0. The summed E-state index contributed by atoms with van der Waals surface area (Å²) in [6.07, 6.45) is -0.453. The minimum Gasteiger partial charge on any atom is -0.444 e. The number of carbonyl (C=O) groups is 1. The average Bonchev–Trinajstić information content (AvgIpc) is 2.47. The van der Waals surface area contributed by atoms with Gasteiger partial charge in [0, 0.05) is 31.2 Å². The second kappa shape index (κ2) is 7.29. The fourth-order valence-corrected chi connectivity index (χ4v) is 4.51. The summed E-state index contributed by atoms with van der Waals surface area (Å²) >= 11 is 0. The van der Waals surface area contributed by atoms with E-state index in [2.05, 4.69) is 0 Å². The van der Waals surface area contributed by atoms with Gasteiger partial charge in [-0.05, 0) is 33.8 Å². The molecule has 2 rings (SSSR count). The second-order valence-corrected chi connectivity index (χ2v) is 9.16. The summed E-state index contributed by atoms with van der Waals surface area (Å²) in [6, 6.07) is 5.44. The summed E-state index contributed by atoms with van der Waals surface area (Å²) in [5.41, 5.74) is -0.460. The third-order valence-electron chi connectivity index (χ3n) is 3.87. The van der Waals surface area contributed by atoms with E-state index in [1.807, 2.05) is 0 Å². The van der Waals surface area contributed by atoms with Crippen molar-refractivity contribution in [3.05, 3.63) is 35.6 Å². The number of ether oxygens (including phenoxy) is 1. The highest BCUT2D eigenvalue weighted by atomic mass is 32.2. The Morgan fingerprint density at radius 3 is 2.48 bits per heavy atom. The van der Waals surface area contributed by atoms with E-state index in [9.17, 15) is 17.6 Å². The van der Waals surface area contributed by atoms with Crippen LogP contribution >= 0.6 is 0 Å². The number of benzene rings is 1. The molecule has 0 N–H and O–H groups in total. The van der Waals surface area contributed by atoms with E-state index in [4.69, 9.17) is 4.74 Å². The van der Waals surface area contributed by atoms with Crippen molar-refractivity contribution in [2.75, 3.05) is 19.6 Å². The van der Waals surface area contributed by atoms with E-state index in [0.29, 0.717) is 0 Å². The molecule has 8 heteroatoms. The van der Waals surface area contributed by atoms with Crippen LogP contribution in [0, 0.1) is 5.82 Å². The summed E-state index contributed by atoms with van der Waals surface area (Å²) in [5.74, 6) is -0.928. The van der Waals surface area contributed by atoms with Gasteiger partial charge in [-0.15, -0.1) is 0 Å². The molecule has 6 nitrogen and oxygen atoms in total. The maximum absolute atomic E-state index is 13.8. The fourth-order valence-electron chi connectivity index (χ4n) is 2.74. The SMILES string of the molecule is C[C@H]1CN(C(=O)OC(C)(C)C)CCN1S(=O)(=O)Cc1ccccc1F. The van der Waals surface area contributed by atoms with Crippen LogP contribution < -0.4 is 0 Å². The lowest BCUT2D eigenvalue weighted by atomic mass is 10.2. The number of sulfonamides is 1. The van der Waals surface area contributed by atoms with E-state index in [1.165, 1.54) is 27.4 Å². The van der Waals surface area contributed by atoms with Crippen LogP contribution in [-0.2, 0) is 20.5 Å². The van der Waals surface area contributed by atoms with Crippen molar-refractivity contribution in [2.24, 2.45) is 0 Å². The molecule has 1 aromatic rings. The van der Waals surface area contributed by atoms with E-state index in [0.717, 1.165) is 0 Å². The Labute approximate surface area is 148 Å². The normalized spacial score (nSPS) is 19.7. The van der Waals surface area contributed by atoms with E-state index in [-0.39, 0.29) is 25.2 Å². The molecule has 1 amide bonds. The number of piperazine rings is 1. The highest BCUT2D eigenvalue weighted by Gasteiger charge is 2.35. The molecule has 0 aromatic heterocycles. The molecule has 25 heavy (non-hydrogen) atoms. The van der Waals surface area contributed by atoms with Gasteiger partial charge in [-0.2, -0.15) is 4.31 Å². The minimum atomic E-state index is -3.68. The average molecular weight is 372 g/mol. The van der Waals surface area contributed by atoms with Gasteiger partial charge in [0.2, 0.25) is 10.0 Å². The highest BCUT2D eigenvalue weighted by Crippen LogP contribution is 2.21. The number of amides is 1. The predicted octanol–water partition coefficient (Wildman–Crippen LogP) is 2.60. The third-order valence-corrected chi connectivity index (χ3v) is 5.80. The van der Waals surface area contributed by atoms with Crippen molar-refractivity contribution in [3.8, 4) is 0 Å². The molecule has 1 heterocycles. The first-order chi connectivity index (χ1) is 11.5. The Hall–Kier alpha value is -1.67. The van der Waals surface area contributed by atoms with Crippen molar-refractivity contribution < 1.29 is 22.3 Å². The number of hydrogen-bond acceptors (Lipinski definition) is 4. The van der Waals surface area contributed by atoms with Gasteiger partial charge in [0.25, 0.3) is 0 Å². The molecular weight excluding hydrogens is 347 g/mol. The quantitative estimate of drug-likeness (QED) is 0.818. The lowest BCUT2D eigenvalue weighted by Crippen LogP contribution is -2.56. The Morgan fingerprint density at radius 2 is 1.92 bits per heavy atom. The highest BCUT2D eigenvalue weighted by molar-refractivity contribution is 7.88. The molecular formula is C17H25FN2O4S. The maximum atomic E-state index is 13.8. The van der Waals surface area contributed by atoms with Gasteiger partial charge in [-0.1, -0.05) is 18.2 Å². The molecule has 140 valence electrons. The van der Waals surface area contributed by atoms with Gasteiger partial charge >= 0.3 is 6.09 Å². The van der Waals surface area contributed by atoms with Crippen LogP contribution in [-0.4, -0.2) is 55.0 Å². The monoisotopic (exact) mass is 372 g/mol. The molecule has 0 saturated carbocycles. The van der Waals surface area contributed by atoms with E-state index < -0.39 is 39.3 Å². The van der Waals surface area contributed by atoms with Crippen LogP contribution in [0.3, 0.4) is 0 Å². The van der Waals surface area contributed by atoms with Crippen molar-refractivity contribution >= 4 is 16.1 Å². The summed E-state index contributed by atoms with van der Waals surface area (Å²) in [6.45, 7) is 7.73. The Kier molecular flexibility index (Phi) is 5.73. The largest absolute Gasteiger partial charge is 0.444 e. The molecule has 1 saturated heterocycles. The zero-order chi connectivity index (χ0) is 18.8. The number of rotatable bonds is 3. The number of halogens is 1. The Morgan fingerprint density at radius 1 is 1.28 bits per heavy atom. The van der Waals surface area contributed by atoms with Gasteiger partial charge in [-0.25, -0.2) is 17.6 Å². The summed E-state index contributed by atoms with van der Waals surface area (Å²) in [7, 11) is -3.68. The van der Waals surface area contributed by atoms with Crippen molar-refractivity contribution in [2.45, 2.75) is 45.1 Å². The molecule has 1 aliphatic heterocycles. The summed E-state index contributed by atoms with van der Waals surface area (Å²) < 4.78 is 45.7. The van der Waals surface area contributed by atoms with Gasteiger partial charge in [0.15, 0.2) is 0 Å². The standard InChI is InChI=1S/C17H25FN2O4S/c1-13-11-19(16(21)24-17(2,3)4)9-10-20(13)25(22,23)12-14-7-5-6-8-15(14)18/h5-8,13H,9-12H2,1-4H3/t13-/m0/s1. The van der Waals surface area contributed by atoms with Crippen LogP contribution in [0.1, 0.15) is 33.3 Å². The minimum absolute atomic E-state index is 0.143. The molecule has 0 aliphatic carbocycles. The van der Waals surface area contributed by atoms with Crippen molar-refractivity contribution in [3.63, 3.8) is 0 Å². The van der Waals surface area contributed by atoms with Crippen LogP contribution in [0.15, 0.2) is 24.3 Å². The van der Waals surface area contributed by atoms with Crippen molar-refractivity contribution in [1.29, 1.82) is 0 Å². The third kappa shape index (κ3) is 5.15. The van der Waals surface area contributed by atoms with E-state index in [1.54, 1.807) is 33.8 Å². The second-order valence-electron chi connectivity index (χ2n) is 7.23. The number of carbonyl (C=O) groups excluding carboxylic acids is 1. The zero-order valence-electron chi connectivity index (χ0n) is 15.0. The van der Waals surface area contributed by atoms with Crippen molar-refractivity contribution in [1.82, 2.24) is 9.21 Å². The van der Waals surface area contributed by atoms with Gasteiger partial charge in [-0.3, -0.25) is 0 Å². The zero-order valence-corrected chi connectivity index (χ0v) is 15.8. The fraction of sp³-hybridized carbons (Fsp3) is 0.588. The Balaban J connectivity index is 2.05. The van der Waals surface area contributed by atoms with Crippen LogP contribution in [0.2, 0.25) is 0 Å². The molecule has 1 fully saturated rings. The first kappa shape index (κ1) is 19.7. The number of nitrogens with zero attached hydrogens (tertiary/aromatic N) is 2. The van der Waals surface area contributed by atoms with Gasteiger partial charge < -0.3 is 9.64 Å². The first-order valence-electron chi connectivity index (χ1n) is 8.20. The van der Waals surface area contributed by atoms with Crippen LogP contribution in [0.25, 0.3) is 0 Å². The smallest absolute Gasteiger partial charge is 0.410 e. The van der Waals surface area contributed by atoms with Gasteiger partial charge in [0.05, 0.1) is 5.75 Å². The molecule has 1 aliphatic rings. The van der Waals surface area contributed by atoms with E-state index >= 15 is 0 Å². The maximum Gasteiger partial charge on any atom is 0.410 e. The molecule has 1 aromatic carbocycles. The lowest BCUT2D eigenvalue weighted by molar-refractivity contribution is 0.0143. The lowest BCUT2D eigenvalue weighted by Gasteiger charge is -2.39. The molecule has 0 unspecified atom stereocenters. The molecule has 0 radical (unpaired) electrons. The Bertz CT molecular complexity index is 730.